The van der Waals surface area contributed by atoms with Crippen molar-refractivity contribution in [3.05, 3.63) is 47.3 Å². The smallest absolute Gasteiger partial charge is 0.231 e. The zero-order chi connectivity index (χ0) is 19.3. The molecule has 1 aliphatic rings. The summed E-state index contributed by atoms with van der Waals surface area (Å²) >= 11 is 1.53. The van der Waals surface area contributed by atoms with Gasteiger partial charge in [-0.15, -0.1) is 17.3 Å². The highest BCUT2D eigenvalue weighted by Gasteiger charge is 2.38. The molecule has 0 radical (unpaired) electrons. The van der Waals surface area contributed by atoms with Crippen molar-refractivity contribution < 1.29 is 9.18 Å². The molecule has 0 saturated carbocycles. The topological polar surface area (TPSA) is 56.2 Å². The van der Waals surface area contributed by atoms with E-state index in [1.165, 1.54) is 16.2 Å². The molecule has 136 valence electrons. The van der Waals surface area contributed by atoms with Gasteiger partial charge in [-0.1, -0.05) is 12.0 Å². The Balaban J connectivity index is 1.92. The number of thiophene rings is 1. The molecular formula is C21H18FN3OS. The van der Waals surface area contributed by atoms with Crippen LogP contribution in [0.1, 0.15) is 31.4 Å². The first-order valence-electron chi connectivity index (χ1n) is 8.55. The summed E-state index contributed by atoms with van der Waals surface area (Å²) < 4.78 is 16.9. The quantitative estimate of drug-likeness (QED) is 0.624. The van der Waals surface area contributed by atoms with Crippen LogP contribution in [0.25, 0.3) is 20.2 Å². The van der Waals surface area contributed by atoms with Gasteiger partial charge in [-0.05, 0) is 43.7 Å². The van der Waals surface area contributed by atoms with E-state index in [9.17, 15) is 4.79 Å². The Morgan fingerprint density at radius 3 is 2.74 bits per heavy atom. The molecule has 0 spiro atoms. The van der Waals surface area contributed by atoms with Gasteiger partial charge in [0.05, 0.1) is 17.5 Å². The van der Waals surface area contributed by atoms with Crippen molar-refractivity contribution in [2.75, 3.05) is 7.05 Å². The Hall–Kier alpha value is -2.91. The number of benzene rings is 2. The second kappa shape index (κ2) is 6.07. The summed E-state index contributed by atoms with van der Waals surface area (Å²) in [5, 5.41) is 12.5. The number of rotatable bonds is 1. The zero-order valence-corrected chi connectivity index (χ0v) is 16.1. The molecule has 2 N–H and O–H groups in total. The van der Waals surface area contributed by atoms with E-state index < -0.39 is 5.54 Å². The van der Waals surface area contributed by atoms with E-state index in [0.717, 1.165) is 20.3 Å². The van der Waals surface area contributed by atoms with Gasteiger partial charge in [0.25, 0.3) is 0 Å². The fraction of sp³-hybridized carbons (Fsp3) is 0.238. The van der Waals surface area contributed by atoms with Gasteiger partial charge in [-0.2, -0.15) is 0 Å². The molecule has 27 heavy (non-hydrogen) atoms. The number of halogens is 1. The molecule has 3 aromatic rings. The van der Waals surface area contributed by atoms with E-state index in [-0.39, 0.29) is 24.1 Å². The van der Waals surface area contributed by atoms with Crippen LogP contribution < -0.4 is 5.32 Å². The lowest BCUT2D eigenvalue weighted by atomic mass is 9.86. The molecule has 2 heterocycles. The third-order valence-corrected chi connectivity index (χ3v) is 6.21. The van der Waals surface area contributed by atoms with Crippen molar-refractivity contribution in [2.45, 2.75) is 25.8 Å². The fourth-order valence-corrected chi connectivity index (χ4v) is 4.59. The van der Waals surface area contributed by atoms with Crippen LogP contribution in [0.15, 0.2) is 30.3 Å². The number of nitrogens with zero attached hydrogens (tertiary/aromatic N) is 1. The van der Waals surface area contributed by atoms with Gasteiger partial charge < -0.3 is 5.32 Å². The van der Waals surface area contributed by atoms with Crippen molar-refractivity contribution in [1.82, 2.24) is 10.2 Å². The number of hydrogen-bond acceptors (Lipinski definition) is 3. The highest BCUT2D eigenvalue weighted by atomic mass is 32.1. The summed E-state index contributed by atoms with van der Waals surface area (Å²) in [6, 6.07) is 9.45. The van der Waals surface area contributed by atoms with Crippen LogP contribution in [0.5, 0.6) is 0 Å². The second-order valence-corrected chi connectivity index (χ2v) is 8.01. The third kappa shape index (κ3) is 2.66. The van der Waals surface area contributed by atoms with E-state index in [1.807, 2.05) is 31.2 Å². The minimum Gasteiger partial charge on any atom is -0.346 e. The summed E-state index contributed by atoms with van der Waals surface area (Å²) in [6.07, 6.45) is 0.231. The van der Waals surface area contributed by atoms with Crippen LogP contribution in [0.3, 0.4) is 0 Å². The Morgan fingerprint density at radius 1 is 1.30 bits per heavy atom. The van der Waals surface area contributed by atoms with Crippen LogP contribution in [0.4, 0.5) is 4.39 Å². The molecule has 1 amide bonds. The van der Waals surface area contributed by atoms with Crippen LogP contribution in [0.2, 0.25) is 0 Å². The van der Waals surface area contributed by atoms with Crippen LogP contribution in [-0.2, 0) is 10.3 Å². The summed E-state index contributed by atoms with van der Waals surface area (Å²) in [7, 11) is 1.58. The highest BCUT2D eigenvalue weighted by molar-refractivity contribution is 7.25. The Kier molecular flexibility index (Phi) is 3.93. The van der Waals surface area contributed by atoms with E-state index in [2.05, 4.69) is 17.2 Å². The van der Waals surface area contributed by atoms with Crippen LogP contribution in [0, 0.1) is 23.1 Å². The SMILES string of the molecule is CC#Cc1ccc2sc3ccc([C@]4(C)CC(=O)N(C)C(=N)N4)cc3c2c1F. The second-order valence-electron chi connectivity index (χ2n) is 6.92. The lowest BCUT2D eigenvalue weighted by Gasteiger charge is -2.39. The normalized spacial score (nSPS) is 19.9. The molecule has 1 aliphatic heterocycles. The summed E-state index contributed by atoms with van der Waals surface area (Å²) in [6.45, 7) is 3.58. The van der Waals surface area contributed by atoms with Crippen molar-refractivity contribution in [3.8, 4) is 11.8 Å². The predicted molar refractivity (Wildman–Crippen MR) is 107 cm³/mol. The van der Waals surface area contributed by atoms with E-state index in [4.69, 9.17) is 5.41 Å². The van der Waals surface area contributed by atoms with Gasteiger partial charge in [0.15, 0.2) is 5.96 Å². The zero-order valence-electron chi connectivity index (χ0n) is 15.2. The molecule has 6 heteroatoms. The molecule has 0 unspecified atom stereocenters. The van der Waals surface area contributed by atoms with E-state index in [1.54, 1.807) is 20.0 Å². The first-order valence-corrected chi connectivity index (χ1v) is 9.37. The lowest BCUT2D eigenvalue weighted by Crippen LogP contribution is -2.58. The molecule has 1 saturated heterocycles. The molecule has 1 aromatic heterocycles. The monoisotopic (exact) mass is 379 g/mol. The Morgan fingerprint density at radius 2 is 2.04 bits per heavy atom. The molecule has 0 aliphatic carbocycles. The largest absolute Gasteiger partial charge is 0.346 e. The molecule has 0 bridgehead atoms. The van der Waals surface area contributed by atoms with Crippen molar-refractivity contribution in [2.24, 2.45) is 0 Å². The van der Waals surface area contributed by atoms with E-state index >= 15 is 4.39 Å². The molecule has 1 atom stereocenters. The van der Waals surface area contributed by atoms with Gasteiger partial charge in [0, 0.05) is 27.2 Å². The van der Waals surface area contributed by atoms with Crippen LogP contribution >= 0.6 is 11.3 Å². The van der Waals surface area contributed by atoms with Crippen LogP contribution in [-0.4, -0.2) is 23.8 Å². The summed E-state index contributed by atoms with van der Waals surface area (Å²) in [4.78, 5) is 13.6. The number of fused-ring (bicyclic) bond motifs is 3. The Labute approximate surface area is 160 Å². The average Bonchev–Trinajstić information content (AvgIpc) is 3.00. The first-order chi connectivity index (χ1) is 12.8. The number of carbonyl (C=O) groups is 1. The highest BCUT2D eigenvalue weighted by Crippen LogP contribution is 2.39. The maximum atomic E-state index is 15.1. The first kappa shape index (κ1) is 17.5. The minimum atomic E-state index is -0.708. The maximum Gasteiger partial charge on any atom is 0.231 e. The van der Waals surface area contributed by atoms with Gasteiger partial charge in [0.2, 0.25) is 5.91 Å². The van der Waals surface area contributed by atoms with Gasteiger partial charge in [0.1, 0.15) is 5.82 Å². The molecule has 2 aromatic carbocycles. The minimum absolute atomic E-state index is 0.0655. The Bertz CT molecular complexity index is 1170. The molecule has 4 rings (SSSR count). The molecule has 1 fully saturated rings. The number of hydrogen-bond donors (Lipinski definition) is 2. The number of carbonyl (C=O) groups excluding carboxylic acids is 1. The fourth-order valence-electron chi connectivity index (χ4n) is 3.51. The molecule has 4 nitrogen and oxygen atoms in total. The lowest BCUT2D eigenvalue weighted by molar-refractivity contribution is -0.129. The van der Waals surface area contributed by atoms with Crippen molar-refractivity contribution >= 4 is 43.4 Å². The number of amides is 1. The van der Waals surface area contributed by atoms with Gasteiger partial charge >= 0.3 is 0 Å². The molecular weight excluding hydrogens is 361 g/mol. The summed E-state index contributed by atoms with van der Waals surface area (Å²) in [5.41, 5.74) is 0.531. The van der Waals surface area contributed by atoms with Crippen molar-refractivity contribution in [3.63, 3.8) is 0 Å². The van der Waals surface area contributed by atoms with E-state index in [0.29, 0.717) is 10.9 Å². The number of nitrogens with one attached hydrogen (secondary N) is 2. The number of guanidine groups is 1. The van der Waals surface area contributed by atoms with Crippen molar-refractivity contribution in [1.29, 1.82) is 5.41 Å². The van der Waals surface area contributed by atoms with Gasteiger partial charge in [-0.25, -0.2) is 4.39 Å². The standard InChI is InChI=1S/C21H18FN3OS/c1-4-5-12-6-8-16-18(19(12)22)14-10-13(7-9-15(14)27-16)21(2)11-17(26)25(3)20(23)24-21/h6-10H,11H2,1-3H3,(H2,23,24)/t21-/m0/s1. The average molecular weight is 379 g/mol. The third-order valence-electron chi connectivity index (χ3n) is 5.08. The predicted octanol–water partition coefficient (Wildman–Crippen LogP) is 4.17. The maximum absolute atomic E-state index is 15.1. The van der Waals surface area contributed by atoms with Gasteiger partial charge in [-0.3, -0.25) is 15.1 Å². The summed E-state index contributed by atoms with van der Waals surface area (Å²) in [5.74, 6) is 5.20.